The lowest BCUT2D eigenvalue weighted by Gasteiger charge is -2.44. The van der Waals surface area contributed by atoms with Gasteiger partial charge in [0.2, 0.25) is 15.9 Å². The molecule has 0 aliphatic heterocycles. The van der Waals surface area contributed by atoms with Gasteiger partial charge in [0.15, 0.2) is 0 Å². The Kier molecular flexibility index (Phi) is 6.07. The SMILES string of the molecule is C[C@H]1C[C@H](N(C(=O)CN(C)S(=O)(=O)c2ccc(C#N)cc2)C2CC2)CC(C)(C)C1. The lowest BCUT2D eigenvalue weighted by atomic mass is 9.70. The number of nitriles is 1. The predicted octanol–water partition coefficient (Wildman–Crippen LogP) is 3.38. The van der Waals surface area contributed by atoms with E-state index in [-0.39, 0.29) is 34.8 Å². The van der Waals surface area contributed by atoms with E-state index in [4.69, 9.17) is 5.26 Å². The Labute approximate surface area is 174 Å². The standard InChI is InChI=1S/C22H31N3O3S/c1-16-11-19(13-22(2,3)12-16)25(18-7-8-18)21(26)15-24(4)29(27,28)20-9-5-17(14-23)6-10-20/h5-6,9-10,16,18-19H,7-8,11-13,15H2,1-4H3/t16-,19-/m0/s1. The van der Waals surface area contributed by atoms with Crippen molar-refractivity contribution in [2.75, 3.05) is 13.6 Å². The highest BCUT2D eigenvalue weighted by Crippen LogP contribution is 2.43. The maximum Gasteiger partial charge on any atom is 0.243 e. The van der Waals surface area contributed by atoms with Gasteiger partial charge in [0, 0.05) is 19.1 Å². The third-order valence-corrected chi connectivity index (χ3v) is 7.85. The van der Waals surface area contributed by atoms with Crippen LogP contribution in [0, 0.1) is 22.7 Å². The van der Waals surface area contributed by atoms with Crippen LogP contribution in [0.5, 0.6) is 0 Å². The first-order chi connectivity index (χ1) is 13.5. The van der Waals surface area contributed by atoms with E-state index in [1.807, 2.05) is 11.0 Å². The monoisotopic (exact) mass is 417 g/mol. The number of hydrogen-bond acceptors (Lipinski definition) is 4. The summed E-state index contributed by atoms with van der Waals surface area (Å²) in [5.74, 6) is 0.444. The Bertz CT molecular complexity index is 898. The largest absolute Gasteiger partial charge is 0.336 e. The zero-order chi connectivity index (χ0) is 21.4. The van der Waals surface area contributed by atoms with Crippen LogP contribution in [0.4, 0.5) is 0 Å². The minimum Gasteiger partial charge on any atom is -0.336 e. The maximum atomic E-state index is 13.2. The van der Waals surface area contributed by atoms with Gasteiger partial charge in [0.25, 0.3) is 0 Å². The van der Waals surface area contributed by atoms with E-state index in [0.29, 0.717) is 11.5 Å². The van der Waals surface area contributed by atoms with Crippen molar-refractivity contribution in [3.8, 4) is 6.07 Å². The quantitative estimate of drug-likeness (QED) is 0.710. The number of carbonyl (C=O) groups excluding carboxylic acids is 1. The molecule has 2 aliphatic carbocycles. The summed E-state index contributed by atoms with van der Waals surface area (Å²) in [6.07, 6.45) is 5.11. The van der Waals surface area contributed by atoms with E-state index in [1.54, 1.807) is 0 Å². The van der Waals surface area contributed by atoms with E-state index in [1.165, 1.54) is 31.3 Å². The predicted molar refractivity (Wildman–Crippen MR) is 111 cm³/mol. The fraction of sp³-hybridized carbons (Fsp3) is 0.636. The molecular weight excluding hydrogens is 386 g/mol. The van der Waals surface area contributed by atoms with E-state index < -0.39 is 10.0 Å². The molecular formula is C22H31N3O3S. The average Bonchev–Trinajstić information content (AvgIpc) is 3.45. The van der Waals surface area contributed by atoms with E-state index in [0.717, 1.165) is 36.4 Å². The molecule has 7 heteroatoms. The highest BCUT2D eigenvalue weighted by atomic mass is 32.2. The van der Waals surface area contributed by atoms with Crippen LogP contribution < -0.4 is 0 Å². The molecule has 6 nitrogen and oxygen atoms in total. The van der Waals surface area contributed by atoms with Gasteiger partial charge in [-0.1, -0.05) is 20.8 Å². The third kappa shape index (κ3) is 4.99. The van der Waals surface area contributed by atoms with Gasteiger partial charge in [-0.15, -0.1) is 0 Å². The van der Waals surface area contributed by atoms with Gasteiger partial charge in [-0.05, 0) is 67.7 Å². The van der Waals surface area contributed by atoms with Crippen LogP contribution in [0.15, 0.2) is 29.2 Å². The Hall–Kier alpha value is -1.91. The molecule has 0 aromatic heterocycles. The highest BCUT2D eigenvalue weighted by molar-refractivity contribution is 7.89. The number of amides is 1. The zero-order valence-corrected chi connectivity index (χ0v) is 18.6. The molecule has 158 valence electrons. The van der Waals surface area contributed by atoms with Gasteiger partial charge in [-0.2, -0.15) is 9.57 Å². The molecule has 2 aliphatic rings. The first kappa shape index (κ1) is 21.8. The number of benzene rings is 1. The molecule has 0 unspecified atom stereocenters. The molecule has 0 spiro atoms. The molecule has 1 aromatic rings. The van der Waals surface area contributed by atoms with Crippen molar-refractivity contribution in [3.63, 3.8) is 0 Å². The second-order valence-corrected chi connectivity index (χ2v) is 11.5. The number of likely N-dealkylation sites (N-methyl/N-ethyl adjacent to an activating group) is 1. The number of nitrogens with zero attached hydrogens (tertiary/aromatic N) is 3. The average molecular weight is 418 g/mol. The smallest absolute Gasteiger partial charge is 0.243 e. The molecule has 0 N–H and O–H groups in total. The Morgan fingerprint density at radius 1 is 1.17 bits per heavy atom. The summed E-state index contributed by atoms with van der Waals surface area (Å²) >= 11 is 0. The summed E-state index contributed by atoms with van der Waals surface area (Å²) in [7, 11) is -2.34. The van der Waals surface area contributed by atoms with Crippen molar-refractivity contribution in [1.29, 1.82) is 5.26 Å². The summed E-state index contributed by atoms with van der Waals surface area (Å²) in [5, 5.41) is 8.90. The van der Waals surface area contributed by atoms with Crippen LogP contribution in [0.3, 0.4) is 0 Å². The van der Waals surface area contributed by atoms with Crippen LogP contribution in [-0.4, -0.2) is 49.2 Å². The fourth-order valence-corrected chi connectivity index (χ4v) is 5.92. The number of rotatable bonds is 6. The number of hydrogen-bond donors (Lipinski definition) is 0. The van der Waals surface area contributed by atoms with Gasteiger partial charge in [0.1, 0.15) is 0 Å². The van der Waals surface area contributed by atoms with Crippen LogP contribution in [0.25, 0.3) is 0 Å². The van der Waals surface area contributed by atoms with Crippen molar-refractivity contribution in [2.45, 2.75) is 69.9 Å². The summed E-state index contributed by atoms with van der Waals surface area (Å²) in [5.41, 5.74) is 0.590. The van der Waals surface area contributed by atoms with E-state index in [2.05, 4.69) is 20.8 Å². The molecule has 0 saturated heterocycles. The number of carbonyl (C=O) groups is 1. The maximum absolute atomic E-state index is 13.2. The van der Waals surface area contributed by atoms with Crippen LogP contribution >= 0.6 is 0 Å². The van der Waals surface area contributed by atoms with E-state index in [9.17, 15) is 13.2 Å². The topological polar surface area (TPSA) is 81.5 Å². The first-order valence-corrected chi connectivity index (χ1v) is 11.8. The highest BCUT2D eigenvalue weighted by Gasteiger charge is 2.43. The molecule has 2 atom stereocenters. The van der Waals surface area contributed by atoms with Gasteiger partial charge in [-0.25, -0.2) is 8.42 Å². The Morgan fingerprint density at radius 2 is 1.79 bits per heavy atom. The molecule has 0 heterocycles. The van der Waals surface area contributed by atoms with Crippen molar-refractivity contribution < 1.29 is 13.2 Å². The molecule has 1 aromatic carbocycles. The van der Waals surface area contributed by atoms with Gasteiger partial charge < -0.3 is 4.90 Å². The van der Waals surface area contributed by atoms with Crippen molar-refractivity contribution in [2.24, 2.45) is 11.3 Å². The minimum atomic E-state index is -3.79. The molecule has 2 fully saturated rings. The zero-order valence-electron chi connectivity index (χ0n) is 17.8. The molecule has 2 saturated carbocycles. The molecule has 3 rings (SSSR count). The van der Waals surface area contributed by atoms with Crippen LogP contribution in [0.2, 0.25) is 0 Å². The second kappa shape index (κ2) is 8.08. The van der Waals surface area contributed by atoms with E-state index >= 15 is 0 Å². The minimum absolute atomic E-state index is 0.0946. The first-order valence-electron chi connectivity index (χ1n) is 10.3. The summed E-state index contributed by atoms with van der Waals surface area (Å²) in [6.45, 7) is 6.59. The summed E-state index contributed by atoms with van der Waals surface area (Å²) < 4.78 is 26.9. The molecule has 0 bridgehead atoms. The summed E-state index contributed by atoms with van der Waals surface area (Å²) in [4.78, 5) is 15.3. The van der Waals surface area contributed by atoms with Gasteiger partial charge >= 0.3 is 0 Å². The molecule has 29 heavy (non-hydrogen) atoms. The Morgan fingerprint density at radius 3 is 2.31 bits per heavy atom. The lowest BCUT2D eigenvalue weighted by molar-refractivity contribution is -0.136. The second-order valence-electron chi connectivity index (χ2n) is 9.50. The molecule has 1 amide bonds. The van der Waals surface area contributed by atoms with Gasteiger partial charge in [0.05, 0.1) is 23.1 Å². The van der Waals surface area contributed by atoms with Crippen molar-refractivity contribution in [3.05, 3.63) is 29.8 Å². The number of sulfonamides is 1. The van der Waals surface area contributed by atoms with Crippen LogP contribution in [0.1, 0.15) is 58.4 Å². The Balaban J connectivity index is 1.75. The van der Waals surface area contributed by atoms with Crippen molar-refractivity contribution >= 4 is 15.9 Å². The molecule has 0 radical (unpaired) electrons. The normalized spacial score (nSPS) is 24.1. The summed E-state index contributed by atoms with van der Waals surface area (Å²) in [6, 6.07) is 8.19. The third-order valence-electron chi connectivity index (χ3n) is 6.03. The lowest BCUT2D eigenvalue weighted by Crippen LogP contribution is -2.50. The van der Waals surface area contributed by atoms with Crippen LogP contribution in [-0.2, 0) is 14.8 Å². The van der Waals surface area contributed by atoms with Gasteiger partial charge in [-0.3, -0.25) is 4.79 Å². The van der Waals surface area contributed by atoms with Crippen molar-refractivity contribution in [1.82, 2.24) is 9.21 Å². The fourth-order valence-electron chi connectivity index (χ4n) is 4.80.